The molecule has 0 N–H and O–H groups in total. The first kappa shape index (κ1) is 15.9. The predicted octanol–water partition coefficient (Wildman–Crippen LogP) is 3.72. The Kier molecular flexibility index (Phi) is 7.89. The molecule has 1 fully saturated rings. The highest BCUT2D eigenvalue weighted by molar-refractivity contribution is 8.11. The van der Waals surface area contributed by atoms with Gasteiger partial charge >= 0.3 is 0 Å². The highest BCUT2D eigenvalue weighted by Crippen LogP contribution is 2.42. The van der Waals surface area contributed by atoms with Crippen LogP contribution in [0.1, 0.15) is 12.8 Å². The topological polar surface area (TPSA) is 17.1 Å². The summed E-state index contributed by atoms with van der Waals surface area (Å²) in [6, 6.07) is 11.0. The second kappa shape index (κ2) is 9.44. The average Bonchev–Trinajstić information content (AvgIpc) is 2.43. The van der Waals surface area contributed by atoms with Crippen LogP contribution >= 0.6 is 31.4 Å². The third-order valence-corrected chi connectivity index (χ3v) is 10.6. The minimum atomic E-state index is -0.567. The minimum absolute atomic E-state index is 0.0209. The summed E-state index contributed by atoms with van der Waals surface area (Å²) in [5.74, 6) is 4.14. The molecule has 5 heteroatoms. The SMILES string of the molecule is O=S1CCCSCP(c2ccccc2)CSCCC1. The normalized spacial score (nSPS) is 27.2. The zero-order chi connectivity index (χ0) is 13.3. The summed E-state index contributed by atoms with van der Waals surface area (Å²) in [6.07, 6.45) is 2.23. The number of benzene rings is 1. The van der Waals surface area contributed by atoms with Crippen molar-refractivity contribution in [3.63, 3.8) is 0 Å². The maximum absolute atomic E-state index is 11.7. The van der Waals surface area contributed by atoms with Crippen molar-refractivity contribution in [2.75, 3.05) is 34.0 Å². The van der Waals surface area contributed by atoms with E-state index in [9.17, 15) is 4.21 Å². The molecule has 0 radical (unpaired) electrons. The van der Waals surface area contributed by atoms with E-state index in [1.165, 1.54) is 27.8 Å². The molecule has 1 aromatic rings. The summed E-state index contributed by atoms with van der Waals surface area (Å²) in [6.45, 7) is 0. The van der Waals surface area contributed by atoms with E-state index in [4.69, 9.17) is 0 Å². The van der Waals surface area contributed by atoms with Crippen LogP contribution in [-0.4, -0.2) is 38.2 Å². The fourth-order valence-electron chi connectivity index (χ4n) is 1.92. The highest BCUT2D eigenvalue weighted by atomic mass is 32.2. The van der Waals surface area contributed by atoms with Gasteiger partial charge in [0.05, 0.1) is 0 Å². The molecule has 0 bridgehead atoms. The van der Waals surface area contributed by atoms with Crippen molar-refractivity contribution < 1.29 is 4.21 Å². The van der Waals surface area contributed by atoms with E-state index >= 15 is 0 Å². The van der Waals surface area contributed by atoms with Crippen molar-refractivity contribution in [2.45, 2.75) is 12.8 Å². The maximum Gasteiger partial charge on any atom is 0.0242 e. The summed E-state index contributed by atoms with van der Waals surface area (Å²) in [4.78, 5) is 0. The fourth-order valence-corrected chi connectivity index (χ4v) is 9.67. The first-order valence-electron chi connectivity index (χ1n) is 6.67. The van der Waals surface area contributed by atoms with Gasteiger partial charge in [-0.05, 0) is 29.7 Å². The molecule has 1 heterocycles. The van der Waals surface area contributed by atoms with E-state index in [1.807, 2.05) is 0 Å². The van der Waals surface area contributed by atoms with Crippen molar-refractivity contribution in [3.8, 4) is 0 Å². The molecule has 1 aliphatic rings. The third kappa shape index (κ3) is 6.20. The van der Waals surface area contributed by atoms with Gasteiger partial charge in [0.1, 0.15) is 0 Å². The lowest BCUT2D eigenvalue weighted by atomic mass is 10.4. The molecule has 1 aliphatic heterocycles. The summed E-state index contributed by atoms with van der Waals surface area (Å²) < 4.78 is 11.7. The lowest BCUT2D eigenvalue weighted by Crippen LogP contribution is -2.08. The van der Waals surface area contributed by atoms with Crippen LogP contribution in [0.2, 0.25) is 0 Å². The Hall–Kier alpha value is 0.500. The van der Waals surface area contributed by atoms with Crippen molar-refractivity contribution in [1.29, 1.82) is 0 Å². The number of hydrogen-bond donors (Lipinski definition) is 0. The van der Waals surface area contributed by atoms with E-state index in [2.05, 4.69) is 53.9 Å². The number of thioether (sulfide) groups is 2. The quantitative estimate of drug-likeness (QED) is 0.730. The molecule has 1 aromatic carbocycles. The summed E-state index contributed by atoms with van der Waals surface area (Å²) in [7, 11) is -0.588. The molecular weight excluding hydrogens is 311 g/mol. The van der Waals surface area contributed by atoms with Gasteiger partial charge < -0.3 is 0 Å². The zero-order valence-electron chi connectivity index (χ0n) is 11.1. The van der Waals surface area contributed by atoms with Gasteiger partial charge in [-0.1, -0.05) is 38.3 Å². The van der Waals surface area contributed by atoms with Gasteiger partial charge in [-0.2, -0.15) is 23.5 Å². The van der Waals surface area contributed by atoms with Crippen LogP contribution in [0, 0.1) is 0 Å². The van der Waals surface area contributed by atoms with E-state index in [-0.39, 0.29) is 7.92 Å². The van der Waals surface area contributed by atoms with Crippen molar-refractivity contribution >= 4 is 47.5 Å². The minimum Gasteiger partial charge on any atom is -0.260 e. The molecule has 0 spiro atoms. The van der Waals surface area contributed by atoms with Crippen LogP contribution in [0.15, 0.2) is 30.3 Å². The number of hydrogen-bond acceptors (Lipinski definition) is 3. The smallest absolute Gasteiger partial charge is 0.0242 e. The van der Waals surface area contributed by atoms with Crippen LogP contribution in [0.3, 0.4) is 0 Å². The summed E-state index contributed by atoms with van der Waals surface area (Å²) >= 11 is 4.11. The van der Waals surface area contributed by atoms with Crippen LogP contribution in [-0.2, 0) is 10.8 Å². The Labute approximate surface area is 128 Å². The van der Waals surface area contributed by atoms with Gasteiger partial charge in [0, 0.05) is 33.3 Å². The van der Waals surface area contributed by atoms with Crippen molar-refractivity contribution in [2.24, 2.45) is 0 Å². The monoisotopic (exact) mass is 332 g/mol. The van der Waals surface area contributed by atoms with Gasteiger partial charge in [0.25, 0.3) is 0 Å². The Balaban J connectivity index is 1.90. The van der Waals surface area contributed by atoms with E-state index in [1.54, 1.807) is 0 Å². The van der Waals surface area contributed by atoms with Crippen LogP contribution in [0.4, 0.5) is 0 Å². The third-order valence-electron chi connectivity index (χ3n) is 2.94. The molecule has 0 aliphatic carbocycles. The Morgan fingerprint density at radius 1 is 0.947 bits per heavy atom. The largest absolute Gasteiger partial charge is 0.260 e. The van der Waals surface area contributed by atoms with E-state index in [0.29, 0.717) is 0 Å². The predicted molar refractivity (Wildman–Crippen MR) is 94.8 cm³/mol. The molecule has 0 atom stereocenters. The van der Waals surface area contributed by atoms with E-state index in [0.717, 1.165) is 24.3 Å². The molecule has 1 nitrogen and oxygen atoms in total. The standard InChI is InChI=1S/C14H21OPS3/c15-19-10-4-8-17-12-16(13-18-9-5-11-19)14-6-2-1-3-7-14/h1-3,6-7H,4-5,8-13H2. The molecule has 0 amide bonds. The summed E-state index contributed by atoms with van der Waals surface area (Å²) in [5.41, 5.74) is 2.53. The van der Waals surface area contributed by atoms with Gasteiger partial charge in [-0.3, -0.25) is 4.21 Å². The molecular formula is C14H21OPS3. The Morgan fingerprint density at radius 3 is 2.11 bits per heavy atom. The summed E-state index contributed by atoms with van der Waals surface area (Å²) in [5, 5.41) is 1.54. The van der Waals surface area contributed by atoms with E-state index < -0.39 is 10.8 Å². The van der Waals surface area contributed by atoms with Gasteiger partial charge in [0.2, 0.25) is 0 Å². The molecule has 2 rings (SSSR count). The number of rotatable bonds is 1. The molecule has 0 aromatic heterocycles. The molecule has 0 unspecified atom stereocenters. The lowest BCUT2D eigenvalue weighted by Gasteiger charge is -2.18. The molecule has 19 heavy (non-hydrogen) atoms. The first-order valence-corrected chi connectivity index (χ1v) is 12.2. The van der Waals surface area contributed by atoms with Crippen LogP contribution in [0.5, 0.6) is 0 Å². The van der Waals surface area contributed by atoms with Crippen molar-refractivity contribution in [3.05, 3.63) is 30.3 Å². The second-order valence-corrected chi connectivity index (χ2v) is 11.5. The second-order valence-electron chi connectivity index (χ2n) is 4.51. The highest BCUT2D eigenvalue weighted by Gasteiger charge is 2.12. The molecule has 106 valence electrons. The Bertz CT molecular complexity index is 370. The van der Waals surface area contributed by atoms with Gasteiger partial charge in [0.15, 0.2) is 0 Å². The maximum atomic E-state index is 11.7. The van der Waals surface area contributed by atoms with Gasteiger partial charge in [-0.15, -0.1) is 0 Å². The Morgan fingerprint density at radius 2 is 1.53 bits per heavy atom. The van der Waals surface area contributed by atoms with Crippen molar-refractivity contribution in [1.82, 2.24) is 0 Å². The molecule has 0 saturated carbocycles. The zero-order valence-corrected chi connectivity index (χ0v) is 14.5. The van der Waals surface area contributed by atoms with Gasteiger partial charge in [-0.25, -0.2) is 0 Å². The molecule has 1 saturated heterocycles. The van der Waals surface area contributed by atoms with Crippen LogP contribution in [0.25, 0.3) is 0 Å². The van der Waals surface area contributed by atoms with Crippen LogP contribution < -0.4 is 5.30 Å². The fraction of sp³-hybridized carbons (Fsp3) is 0.571. The lowest BCUT2D eigenvalue weighted by molar-refractivity contribution is 0.681. The average molecular weight is 332 g/mol. The first-order chi connectivity index (χ1) is 9.36.